The highest BCUT2D eigenvalue weighted by atomic mass is 16.5. The van der Waals surface area contributed by atoms with Crippen LogP contribution in [0.4, 0.5) is 11.6 Å². The van der Waals surface area contributed by atoms with Crippen LogP contribution in [0.1, 0.15) is 0 Å². The van der Waals surface area contributed by atoms with E-state index in [9.17, 15) is 0 Å². The number of anilines is 2. The summed E-state index contributed by atoms with van der Waals surface area (Å²) in [5, 5.41) is 4.52. The van der Waals surface area contributed by atoms with E-state index >= 15 is 0 Å². The van der Waals surface area contributed by atoms with E-state index in [-0.39, 0.29) is 0 Å². The number of aryl methyl sites for hydroxylation is 1. The zero-order chi connectivity index (χ0) is 15.3. The normalized spacial score (nSPS) is 18.9. The molecule has 2 aliphatic heterocycles. The molecule has 2 aliphatic rings. The van der Waals surface area contributed by atoms with Gasteiger partial charge in [0.2, 0.25) is 5.95 Å². The molecule has 0 amide bonds. The zero-order valence-electron chi connectivity index (χ0n) is 12.7. The van der Waals surface area contributed by atoms with Crippen LogP contribution in [0.3, 0.4) is 0 Å². The van der Waals surface area contributed by atoms with Gasteiger partial charge in [-0.2, -0.15) is 4.98 Å². The van der Waals surface area contributed by atoms with Gasteiger partial charge >= 0.3 is 0 Å². The fraction of sp³-hybridized carbons (Fsp3) is 0.467. The van der Waals surface area contributed by atoms with Gasteiger partial charge in [0.15, 0.2) is 11.6 Å². The molecule has 1 aromatic heterocycles. The van der Waals surface area contributed by atoms with Crippen LogP contribution in [0.5, 0.6) is 5.75 Å². The molecule has 3 heterocycles. The maximum Gasteiger partial charge on any atom is 0.224 e. The average Bonchev–Trinajstić information content (AvgIpc) is 2.77. The van der Waals surface area contributed by atoms with Gasteiger partial charge in [-0.1, -0.05) is 6.07 Å². The number of rotatable bonds is 3. The third kappa shape index (κ3) is 1.85. The average molecular weight is 301 g/mol. The van der Waals surface area contributed by atoms with Crippen LogP contribution in [0, 0.1) is 5.41 Å². The molecule has 0 unspecified atom stereocenters. The number of nitrogens with zero attached hydrogens (tertiary/aromatic N) is 4. The Kier molecular flexibility index (Phi) is 2.80. The molecular formula is C15H19N5O2. The van der Waals surface area contributed by atoms with Crippen LogP contribution in [0.25, 0.3) is 11.4 Å². The van der Waals surface area contributed by atoms with E-state index in [0.29, 0.717) is 22.7 Å². The van der Waals surface area contributed by atoms with Crippen molar-refractivity contribution in [1.82, 2.24) is 14.8 Å². The Morgan fingerprint density at radius 1 is 1.32 bits per heavy atom. The fourth-order valence-electron chi connectivity index (χ4n) is 3.20. The van der Waals surface area contributed by atoms with Gasteiger partial charge in [0.05, 0.1) is 37.0 Å². The largest absolute Gasteiger partial charge is 0.494 e. The van der Waals surface area contributed by atoms with Gasteiger partial charge in [-0.25, -0.2) is 4.68 Å². The molecule has 2 fully saturated rings. The topological polar surface area (TPSA) is 78.4 Å². The van der Waals surface area contributed by atoms with Crippen LogP contribution < -0.4 is 15.4 Å². The minimum Gasteiger partial charge on any atom is -0.494 e. The minimum atomic E-state index is 0.348. The molecule has 0 bridgehead atoms. The minimum absolute atomic E-state index is 0.348. The molecule has 7 nitrogen and oxygen atoms in total. The van der Waals surface area contributed by atoms with E-state index in [1.165, 1.54) is 0 Å². The number of methoxy groups -OCH3 is 1. The van der Waals surface area contributed by atoms with Gasteiger partial charge < -0.3 is 20.1 Å². The second-order valence-corrected chi connectivity index (χ2v) is 6.14. The van der Waals surface area contributed by atoms with Gasteiger partial charge in [-0.15, -0.1) is 5.10 Å². The Bertz CT molecular complexity index is 715. The predicted octanol–water partition coefficient (Wildman–Crippen LogP) is 0.909. The van der Waals surface area contributed by atoms with Gasteiger partial charge in [0.25, 0.3) is 0 Å². The summed E-state index contributed by atoms with van der Waals surface area (Å²) < 4.78 is 12.5. The van der Waals surface area contributed by atoms with E-state index in [0.717, 1.165) is 37.8 Å². The van der Waals surface area contributed by atoms with E-state index in [4.69, 9.17) is 15.2 Å². The van der Waals surface area contributed by atoms with Crippen molar-refractivity contribution in [3.8, 4) is 17.1 Å². The van der Waals surface area contributed by atoms with Gasteiger partial charge in [0.1, 0.15) is 0 Å². The monoisotopic (exact) mass is 301 g/mol. The highest BCUT2D eigenvalue weighted by Gasteiger charge is 2.50. The molecule has 4 rings (SSSR count). The summed E-state index contributed by atoms with van der Waals surface area (Å²) in [6, 6.07) is 5.61. The lowest BCUT2D eigenvalue weighted by Crippen LogP contribution is -2.66. The standard InChI is InChI=1S/C15H19N5O2/c1-19-14(20-6-15(7-20)8-22-9-15)17-13(18-19)10-4-3-5-11(16)12(10)21-2/h3-5H,6-9,16H2,1-2H3. The summed E-state index contributed by atoms with van der Waals surface area (Å²) >= 11 is 0. The predicted molar refractivity (Wildman–Crippen MR) is 82.9 cm³/mol. The van der Waals surface area contributed by atoms with E-state index in [1.54, 1.807) is 7.11 Å². The summed E-state index contributed by atoms with van der Waals surface area (Å²) in [7, 11) is 3.52. The fourth-order valence-corrected chi connectivity index (χ4v) is 3.20. The Hall–Kier alpha value is -2.28. The molecule has 1 aromatic carbocycles. The Morgan fingerprint density at radius 2 is 2.09 bits per heavy atom. The molecule has 0 radical (unpaired) electrons. The van der Waals surface area contributed by atoms with Crippen molar-refractivity contribution in [3.63, 3.8) is 0 Å². The third-order valence-electron chi connectivity index (χ3n) is 4.38. The molecular weight excluding hydrogens is 282 g/mol. The number of nitrogen functional groups attached to an aromatic ring is 1. The number of benzene rings is 1. The van der Waals surface area contributed by atoms with Crippen molar-refractivity contribution in [2.45, 2.75) is 0 Å². The Balaban J connectivity index is 1.65. The molecule has 0 atom stereocenters. The molecule has 0 saturated carbocycles. The van der Waals surface area contributed by atoms with Crippen molar-refractivity contribution < 1.29 is 9.47 Å². The number of ether oxygens (including phenoxy) is 2. The molecule has 2 saturated heterocycles. The van der Waals surface area contributed by atoms with Crippen molar-refractivity contribution in [1.29, 1.82) is 0 Å². The number of nitrogens with two attached hydrogens (primary N) is 1. The van der Waals surface area contributed by atoms with Gasteiger partial charge in [-0.3, -0.25) is 0 Å². The van der Waals surface area contributed by atoms with Crippen molar-refractivity contribution >= 4 is 11.6 Å². The first-order chi connectivity index (χ1) is 10.6. The SMILES string of the molecule is COc1c(N)cccc1-c1nc(N2CC3(COC3)C2)n(C)n1. The number of aromatic nitrogens is 3. The first-order valence-electron chi connectivity index (χ1n) is 7.28. The molecule has 0 aliphatic carbocycles. The second kappa shape index (κ2) is 4.61. The van der Waals surface area contributed by atoms with Crippen LogP contribution in [0.2, 0.25) is 0 Å². The van der Waals surface area contributed by atoms with Crippen LogP contribution in [0.15, 0.2) is 18.2 Å². The van der Waals surface area contributed by atoms with Crippen LogP contribution in [-0.2, 0) is 11.8 Å². The third-order valence-corrected chi connectivity index (χ3v) is 4.38. The van der Waals surface area contributed by atoms with Crippen LogP contribution >= 0.6 is 0 Å². The molecule has 22 heavy (non-hydrogen) atoms. The summed E-state index contributed by atoms with van der Waals surface area (Å²) in [5.74, 6) is 2.12. The van der Waals surface area contributed by atoms with Crippen LogP contribution in [-0.4, -0.2) is 48.2 Å². The highest BCUT2D eigenvalue weighted by Crippen LogP contribution is 2.40. The summed E-state index contributed by atoms with van der Waals surface area (Å²) in [5.41, 5.74) is 7.71. The summed E-state index contributed by atoms with van der Waals surface area (Å²) in [4.78, 5) is 6.91. The van der Waals surface area contributed by atoms with Crippen molar-refractivity contribution in [2.24, 2.45) is 12.5 Å². The second-order valence-electron chi connectivity index (χ2n) is 6.14. The van der Waals surface area contributed by atoms with E-state index in [2.05, 4.69) is 15.0 Å². The Morgan fingerprint density at radius 3 is 2.73 bits per heavy atom. The number of hydrogen-bond acceptors (Lipinski definition) is 6. The maximum absolute atomic E-state index is 5.96. The molecule has 116 valence electrons. The lowest BCUT2D eigenvalue weighted by molar-refractivity contribution is -0.127. The quantitative estimate of drug-likeness (QED) is 0.849. The van der Waals surface area contributed by atoms with Gasteiger partial charge in [-0.05, 0) is 12.1 Å². The molecule has 1 spiro atoms. The highest BCUT2D eigenvalue weighted by molar-refractivity contribution is 5.73. The lowest BCUT2D eigenvalue weighted by Gasteiger charge is -2.55. The van der Waals surface area contributed by atoms with E-state index in [1.807, 2.05) is 29.9 Å². The number of hydrogen-bond donors (Lipinski definition) is 1. The van der Waals surface area contributed by atoms with Gasteiger partial charge in [0, 0.05) is 20.1 Å². The first kappa shape index (κ1) is 13.4. The lowest BCUT2D eigenvalue weighted by atomic mass is 9.78. The summed E-state index contributed by atoms with van der Waals surface area (Å²) in [6.07, 6.45) is 0. The smallest absolute Gasteiger partial charge is 0.224 e. The molecule has 2 N–H and O–H groups in total. The summed E-state index contributed by atoms with van der Waals surface area (Å²) in [6.45, 7) is 3.68. The maximum atomic E-state index is 5.96. The first-order valence-corrected chi connectivity index (χ1v) is 7.28. The van der Waals surface area contributed by atoms with Crippen molar-refractivity contribution in [2.75, 3.05) is 44.0 Å². The number of para-hydroxylation sites is 1. The molecule has 2 aromatic rings. The zero-order valence-corrected chi connectivity index (χ0v) is 12.7. The Labute approximate surface area is 128 Å². The van der Waals surface area contributed by atoms with Crippen molar-refractivity contribution in [3.05, 3.63) is 18.2 Å². The molecule has 7 heteroatoms. The van der Waals surface area contributed by atoms with E-state index < -0.39 is 0 Å².